The summed E-state index contributed by atoms with van der Waals surface area (Å²) in [5, 5.41) is 10.7. The number of carbonyl (C=O) groups is 1. The van der Waals surface area contributed by atoms with Crippen molar-refractivity contribution >= 4 is 13.8 Å². The largest absolute Gasteiger partial charge is 0.472 e. The van der Waals surface area contributed by atoms with Crippen molar-refractivity contribution in [2.45, 2.75) is 206 Å². The van der Waals surface area contributed by atoms with Gasteiger partial charge in [-0.25, -0.2) is 4.57 Å². The molecule has 0 radical (unpaired) electrons. The highest BCUT2D eigenvalue weighted by molar-refractivity contribution is 7.47. The molecule has 3 atom stereocenters. The summed E-state index contributed by atoms with van der Waals surface area (Å²) in [5.74, 6) is -0.443. The fourth-order valence-corrected chi connectivity index (χ4v) is 6.48. The molecule has 9 heteroatoms. The van der Waals surface area contributed by atoms with Crippen LogP contribution in [-0.4, -0.2) is 47.9 Å². The van der Waals surface area contributed by atoms with Gasteiger partial charge in [-0.3, -0.25) is 13.8 Å². The van der Waals surface area contributed by atoms with E-state index in [-0.39, 0.29) is 19.6 Å². The minimum absolute atomic E-state index is 0.0655. The molecule has 0 heterocycles. The highest BCUT2D eigenvalue weighted by atomic mass is 31.2. The lowest BCUT2D eigenvalue weighted by molar-refractivity contribution is -0.156. The predicted molar refractivity (Wildman–Crippen MR) is 196 cm³/mol. The lowest BCUT2D eigenvalue weighted by Crippen LogP contribution is -2.34. The predicted octanol–water partition coefficient (Wildman–Crippen LogP) is 10.9. The second kappa shape index (κ2) is 35.1. The average Bonchev–Trinajstić information content (AvgIpc) is 3.05. The first kappa shape index (κ1) is 46.2. The third-order valence-corrected chi connectivity index (χ3v) is 9.71. The van der Waals surface area contributed by atoms with E-state index in [0.717, 1.165) is 32.1 Å². The van der Waals surface area contributed by atoms with Gasteiger partial charge in [0.2, 0.25) is 0 Å². The Morgan fingerprint density at radius 2 is 1.06 bits per heavy atom. The van der Waals surface area contributed by atoms with Crippen LogP contribution in [0.2, 0.25) is 0 Å². The number of aliphatic hydroxyl groups excluding tert-OH is 1. The Morgan fingerprint density at radius 1 is 0.660 bits per heavy atom. The monoisotopic (exact) mass is 690 g/mol. The van der Waals surface area contributed by atoms with E-state index in [0.29, 0.717) is 6.42 Å². The lowest BCUT2D eigenvalue weighted by Gasteiger charge is -2.22. The Balaban J connectivity index is 4.26. The first-order valence-corrected chi connectivity index (χ1v) is 21.2. The van der Waals surface area contributed by atoms with Gasteiger partial charge >= 0.3 is 13.8 Å². The minimum atomic E-state index is -4.37. The molecule has 0 bridgehead atoms. The van der Waals surface area contributed by atoms with E-state index in [4.69, 9.17) is 19.5 Å². The van der Waals surface area contributed by atoms with Crippen LogP contribution in [0.15, 0.2) is 12.2 Å². The summed E-state index contributed by atoms with van der Waals surface area (Å²) in [7, 11) is -4.37. The van der Waals surface area contributed by atoms with Gasteiger partial charge in [-0.15, -0.1) is 0 Å². The molecule has 0 fully saturated rings. The molecule has 47 heavy (non-hydrogen) atoms. The second-order valence-electron chi connectivity index (χ2n) is 13.4. The molecule has 0 aliphatic rings. The standard InChI is InChI=1S/C38H76NO7P/c1-3-5-7-9-11-13-15-17-18-20-22-24-26-28-30-32-38(41)46-37(35-45-47(42,43)44-34-33-39)36(40)31-29-27-25-23-21-19-16-14-12-10-8-6-4-2/h29,31,36-37,40H,3-28,30,32-35,39H2,1-2H3,(H,42,43). The topological polar surface area (TPSA) is 128 Å². The molecule has 0 aliphatic carbocycles. The molecule has 0 aromatic heterocycles. The Morgan fingerprint density at radius 3 is 1.49 bits per heavy atom. The number of carbonyl (C=O) groups excluding carboxylic acids is 1. The van der Waals surface area contributed by atoms with E-state index >= 15 is 0 Å². The summed E-state index contributed by atoms with van der Waals surface area (Å²) in [5.41, 5.74) is 5.34. The molecule has 0 saturated carbocycles. The first-order valence-electron chi connectivity index (χ1n) is 19.7. The molecule has 0 spiro atoms. The summed E-state index contributed by atoms with van der Waals surface area (Å²) < 4.78 is 27.4. The van der Waals surface area contributed by atoms with Gasteiger partial charge in [0.1, 0.15) is 6.10 Å². The molecular weight excluding hydrogens is 613 g/mol. The molecule has 8 nitrogen and oxygen atoms in total. The Hall–Kier alpha value is -0.760. The van der Waals surface area contributed by atoms with Crippen molar-refractivity contribution < 1.29 is 33.1 Å². The van der Waals surface area contributed by atoms with Crippen LogP contribution in [0.25, 0.3) is 0 Å². The van der Waals surface area contributed by atoms with Crippen molar-refractivity contribution in [3.63, 3.8) is 0 Å². The van der Waals surface area contributed by atoms with Crippen LogP contribution in [0, 0.1) is 0 Å². The number of hydrogen-bond donors (Lipinski definition) is 3. The fourth-order valence-electron chi connectivity index (χ4n) is 5.73. The average molecular weight is 690 g/mol. The van der Waals surface area contributed by atoms with E-state index in [1.54, 1.807) is 6.08 Å². The molecule has 0 aromatic rings. The molecule has 0 aliphatic heterocycles. The van der Waals surface area contributed by atoms with Crippen LogP contribution in [-0.2, 0) is 23.1 Å². The van der Waals surface area contributed by atoms with Gasteiger partial charge in [0.15, 0.2) is 6.10 Å². The Kier molecular flexibility index (Phi) is 34.5. The maximum atomic E-state index is 12.6. The zero-order valence-electron chi connectivity index (χ0n) is 30.7. The van der Waals surface area contributed by atoms with Crippen LogP contribution in [0.5, 0.6) is 0 Å². The molecule has 280 valence electrons. The number of allylic oxidation sites excluding steroid dienone is 1. The van der Waals surface area contributed by atoms with Crippen molar-refractivity contribution in [3.05, 3.63) is 12.2 Å². The molecule has 4 N–H and O–H groups in total. The van der Waals surface area contributed by atoms with Gasteiger partial charge < -0.3 is 20.5 Å². The smallest absolute Gasteiger partial charge is 0.457 e. The summed E-state index contributed by atoms with van der Waals surface area (Å²) in [6, 6.07) is 0. The maximum absolute atomic E-state index is 12.6. The zero-order chi connectivity index (χ0) is 34.7. The quantitative estimate of drug-likeness (QED) is 0.0254. The number of phosphoric acid groups is 1. The van der Waals surface area contributed by atoms with Crippen LogP contribution in [0.4, 0.5) is 0 Å². The summed E-state index contributed by atoms with van der Waals surface area (Å²) in [6.45, 7) is 3.98. The van der Waals surface area contributed by atoms with Gasteiger partial charge in [-0.2, -0.15) is 0 Å². The third-order valence-electron chi connectivity index (χ3n) is 8.73. The van der Waals surface area contributed by atoms with E-state index in [1.807, 2.05) is 6.08 Å². The lowest BCUT2D eigenvalue weighted by atomic mass is 10.0. The summed E-state index contributed by atoms with van der Waals surface area (Å²) >= 11 is 0. The van der Waals surface area contributed by atoms with E-state index < -0.39 is 32.6 Å². The second-order valence-corrected chi connectivity index (χ2v) is 14.8. The van der Waals surface area contributed by atoms with E-state index in [9.17, 15) is 19.4 Å². The number of phosphoric ester groups is 1. The first-order chi connectivity index (χ1) is 22.9. The normalized spacial score (nSPS) is 14.4. The summed E-state index contributed by atoms with van der Waals surface area (Å²) in [4.78, 5) is 22.5. The fraction of sp³-hybridized carbons (Fsp3) is 0.921. The molecule has 0 amide bonds. The van der Waals surface area contributed by atoms with E-state index in [1.165, 1.54) is 135 Å². The highest BCUT2D eigenvalue weighted by Gasteiger charge is 2.28. The van der Waals surface area contributed by atoms with Crippen molar-refractivity contribution in [1.29, 1.82) is 0 Å². The Bertz CT molecular complexity index is 752. The highest BCUT2D eigenvalue weighted by Crippen LogP contribution is 2.43. The number of esters is 1. The number of hydrogen-bond acceptors (Lipinski definition) is 7. The molecule has 0 rings (SSSR count). The maximum Gasteiger partial charge on any atom is 0.472 e. The van der Waals surface area contributed by atoms with Crippen molar-refractivity contribution in [2.24, 2.45) is 5.73 Å². The van der Waals surface area contributed by atoms with Gasteiger partial charge in [0.25, 0.3) is 0 Å². The van der Waals surface area contributed by atoms with Crippen molar-refractivity contribution in [2.75, 3.05) is 19.8 Å². The van der Waals surface area contributed by atoms with Gasteiger partial charge in [-0.05, 0) is 19.3 Å². The Labute approximate surface area is 290 Å². The number of aliphatic hydroxyl groups is 1. The van der Waals surface area contributed by atoms with Crippen LogP contribution >= 0.6 is 7.82 Å². The number of nitrogens with two attached hydrogens (primary N) is 1. The van der Waals surface area contributed by atoms with Crippen LogP contribution in [0.3, 0.4) is 0 Å². The third kappa shape index (κ3) is 33.5. The van der Waals surface area contributed by atoms with Gasteiger partial charge in [-0.1, -0.05) is 180 Å². The summed E-state index contributed by atoms with van der Waals surface area (Å²) in [6.07, 6.45) is 35.0. The SMILES string of the molecule is CCCCCCCCCCCCCC=CC(O)C(COP(=O)(O)OCCN)OC(=O)CCCCCCCCCCCCCCCCC. The van der Waals surface area contributed by atoms with Gasteiger partial charge in [0, 0.05) is 13.0 Å². The zero-order valence-corrected chi connectivity index (χ0v) is 31.6. The molecular formula is C38H76NO7P. The minimum Gasteiger partial charge on any atom is -0.457 e. The molecule has 0 aromatic carbocycles. The number of unbranched alkanes of at least 4 members (excludes halogenated alkanes) is 25. The molecule has 3 unspecified atom stereocenters. The molecule has 0 saturated heterocycles. The van der Waals surface area contributed by atoms with Crippen molar-refractivity contribution in [3.8, 4) is 0 Å². The van der Waals surface area contributed by atoms with Crippen LogP contribution in [0.1, 0.15) is 194 Å². The van der Waals surface area contributed by atoms with Crippen molar-refractivity contribution in [1.82, 2.24) is 0 Å². The van der Waals surface area contributed by atoms with Crippen LogP contribution < -0.4 is 5.73 Å². The number of rotatable bonds is 37. The number of ether oxygens (including phenoxy) is 1. The van der Waals surface area contributed by atoms with Gasteiger partial charge in [0.05, 0.1) is 13.2 Å². The van der Waals surface area contributed by atoms with E-state index in [2.05, 4.69) is 13.8 Å².